The van der Waals surface area contributed by atoms with Crippen LogP contribution in [0.3, 0.4) is 0 Å². The number of benzene rings is 2. The van der Waals surface area contributed by atoms with Crippen molar-refractivity contribution in [1.82, 2.24) is 9.21 Å². The Morgan fingerprint density at radius 1 is 1.11 bits per heavy atom. The average molecular weight is 423 g/mol. The summed E-state index contributed by atoms with van der Waals surface area (Å²) in [5, 5.41) is 0.433. The third-order valence-electron chi connectivity index (χ3n) is 4.98. The Morgan fingerprint density at radius 3 is 2.32 bits per heavy atom. The molecule has 2 aromatic carbocycles. The molecule has 1 fully saturated rings. The van der Waals surface area contributed by atoms with Gasteiger partial charge in [0.15, 0.2) is 0 Å². The second kappa shape index (κ2) is 8.51. The second-order valence-corrected chi connectivity index (χ2v) is 9.41. The van der Waals surface area contributed by atoms with Gasteiger partial charge < -0.3 is 9.80 Å². The summed E-state index contributed by atoms with van der Waals surface area (Å²) < 4.78 is 27.6. The lowest BCUT2D eigenvalue weighted by Crippen LogP contribution is -3.12. The summed E-state index contributed by atoms with van der Waals surface area (Å²) in [4.78, 5) is 16.3. The van der Waals surface area contributed by atoms with E-state index in [0.717, 1.165) is 23.0 Å². The molecule has 28 heavy (non-hydrogen) atoms. The highest BCUT2D eigenvalue weighted by molar-refractivity contribution is 7.89. The number of carbonyl (C=O) groups excluding carboxylic acids is 1. The van der Waals surface area contributed by atoms with Gasteiger partial charge in [0.2, 0.25) is 0 Å². The standard InChI is InChI=1S/C20H24ClN3O3S/c1-16-7-9-18(10-8-16)28(26,27)24(15-17-5-3-4-6-19(17)21)20(25)23-13-11-22(2)12-14-23/h3-10H,11-15H2,1-2H3/p+1. The Bertz CT molecular complexity index is 939. The molecule has 1 heterocycles. The number of halogens is 1. The molecule has 0 radical (unpaired) electrons. The Labute approximate surface area is 171 Å². The van der Waals surface area contributed by atoms with Crippen LogP contribution in [-0.2, 0) is 16.6 Å². The molecular weight excluding hydrogens is 398 g/mol. The maximum atomic E-state index is 13.3. The number of urea groups is 1. The third kappa shape index (κ3) is 4.48. The number of amides is 2. The zero-order valence-corrected chi connectivity index (χ0v) is 17.6. The number of hydrogen-bond acceptors (Lipinski definition) is 3. The Kier molecular flexibility index (Phi) is 6.27. The molecule has 150 valence electrons. The van der Waals surface area contributed by atoms with E-state index in [4.69, 9.17) is 11.6 Å². The van der Waals surface area contributed by atoms with Gasteiger partial charge in [-0.1, -0.05) is 47.5 Å². The molecule has 1 aliphatic rings. The van der Waals surface area contributed by atoms with Gasteiger partial charge in [-0.05, 0) is 30.7 Å². The summed E-state index contributed by atoms with van der Waals surface area (Å²) in [5.74, 6) is 0. The van der Waals surface area contributed by atoms with Crippen LogP contribution in [0.5, 0.6) is 0 Å². The SMILES string of the molecule is Cc1ccc(S(=O)(=O)N(Cc2ccccc2Cl)C(=O)N2CC[NH+](C)CC2)cc1. The van der Waals surface area contributed by atoms with Crippen molar-refractivity contribution in [3.63, 3.8) is 0 Å². The molecule has 6 nitrogen and oxygen atoms in total. The summed E-state index contributed by atoms with van der Waals surface area (Å²) in [6, 6.07) is 13.0. The first-order valence-corrected chi connectivity index (χ1v) is 11.0. The van der Waals surface area contributed by atoms with Crippen molar-refractivity contribution in [2.45, 2.75) is 18.4 Å². The average Bonchev–Trinajstić information content (AvgIpc) is 2.67. The Hall–Kier alpha value is -2.09. The summed E-state index contributed by atoms with van der Waals surface area (Å²) in [7, 11) is -1.96. The predicted molar refractivity (Wildman–Crippen MR) is 109 cm³/mol. The molecule has 0 saturated carbocycles. The van der Waals surface area contributed by atoms with Gasteiger partial charge in [0.1, 0.15) is 0 Å². The van der Waals surface area contributed by atoms with Gasteiger partial charge in [0.25, 0.3) is 10.0 Å². The van der Waals surface area contributed by atoms with E-state index in [9.17, 15) is 13.2 Å². The highest BCUT2D eigenvalue weighted by Gasteiger charge is 2.34. The van der Waals surface area contributed by atoms with Crippen LogP contribution in [0.4, 0.5) is 4.79 Å². The summed E-state index contributed by atoms with van der Waals surface area (Å²) in [5.41, 5.74) is 1.54. The first kappa shape index (κ1) is 20.6. The van der Waals surface area contributed by atoms with Crippen LogP contribution in [0.25, 0.3) is 0 Å². The van der Waals surface area contributed by atoms with Crippen LogP contribution in [0.1, 0.15) is 11.1 Å². The fourth-order valence-electron chi connectivity index (χ4n) is 3.11. The van der Waals surface area contributed by atoms with Crippen molar-refractivity contribution in [1.29, 1.82) is 0 Å². The van der Waals surface area contributed by atoms with E-state index in [-0.39, 0.29) is 11.4 Å². The van der Waals surface area contributed by atoms with E-state index in [0.29, 0.717) is 23.7 Å². The van der Waals surface area contributed by atoms with Crippen LogP contribution >= 0.6 is 11.6 Å². The molecule has 1 aliphatic heterocycles. The number of likely N-dealkylation sites (N-methyl/N-ethyl adjacent to an activating group) is 1. The quantitative estimate of drug-likeness (QED) is 0.817. The Balaban J connectivity index is 1.97. The highest BCUT2D eigenvalue weighted by atomic mass is 35.5. The minimum absolute atomic E-state index is 0.0956. The van der Waals surface area contributed by atoms with E-state index in [1.807, 2.05) is 6.92 Å². The molecule has 0 atom stereocenters. The number of nitrogens with one attached hydrogen (secondary N) is 1. The van der Waals surface area contributed by atoms with E-state index >= 15 is 0 Å². The minimum atomic E-state index is -4.02. The molecule has 2 amide bonds. The number of piperazine rings is 1. The van der Waals surface area contributed by atoms with Crippen LogP contribution in [-0.4, -0.2) is 56.9 Å². The van der Waals surface area contributed by atoms with Gasteiger partial charge >= 0.3 is 6.03 Å². The van der Waals surface area contributed by atoms with E-state index in [2.05, 4.69) is 7.05 Å². The molecule has 3 rings (SSSR count). The maximum Gasteiger partial charge on any atom is 0.334 e. The molecule has 0 aromatic heterocycles. The van der Waals surface area contributed by atoms with Crippen molar-refractivity contribution >= 4 is 27.7 Å². The topological polar surface area (TPSA) is 62.1 Å². The zero-order chi connectivity index (χ0) is 20.3. The van der Waals surface area contributed by atoms with Crippen LogP contribution in [0.15, 0.2) is 53.4 Å². The molecule has 0 aliphatic carbocycles. The minimum Gasteiger partial charge on any atom is -0.334 e. The number of carbonyl (C=O) groups is 1. The Morgan fingerprint density at radius 2 is 1.71 bits per heavy atom. The molecule has 1 saturated heterocycles. The zero-order valence-electron chi connectivity index (χ0n) is 16.1. The molecule has 2 aromatic rings. The number of quaternary nitrogens is 1. The first-order chi connectivity index (χ1) is 13.3. The van der Waals surface area contributed by atoms with Crippen molar-refractivity contribution in [2.75, 3.05) is 33.2 Å². The maximum absolute atomic E-state index is 13.3. The fraction of sp³-hybridized carbons (Fsp3) is 0.350. The highest BCUT2D eigenvalue weighted by Crippen LogP contribution is 2.24. The number of sulfonamides is 1. The van der Waals surface area contributed by atoms with Gasteiger partial charge in [-0.15, -0.1) is 0 Å². The van der Waals surface area contributed by atoms with E-state index in [1.165, 1.54) is 17.0 Å². The normalized spacial score (nSPS) is 15.5. The van der Waals surface area contributed by atoms with Crippen LogP contribution < -0.4 is 4.90 Å². The largest absolute Gasteiger partial charge is 0.334 e. The summed E-state index contributed by atoms with van der Waals surface area (Å²) >= 11 is 6.25. The van der Waals surface area contributed by atoms with Crippen LogP contribution in [0, 0.1) is 6.92 Å². The first-order valence-electron chi connectivity index (χ1n) is 9.22. The van der Waals surface area contributed by atoms with Gasteiger partial charge in [0, 0.05) is 5.02 Å². The molecular formula is C20H25ClN3O3S+. The number of rotatable bonds is 4. The van der Waals surface area contributed by atoms with Crippen molar-refractivity contribution in [2.24, 2.45) is 0 Å². The number of hydrogen-bond donors (Lipinski definition) is 1. The van der Waals surface area contributed by atoms with Gasteiger partial charge in [-0.3, -0.25) is 0 Å². The predicted octanol–water partition coefficient (Wildman–Crippen LogP) is 1.79. The van der Waals surface area contributed by atoms with E-state index in [1.54, 1.807) is 41.3 Å². The smallest absolute Gasteiger partial charge is 0.334 e. The summed E-state index contributed by atoms with van der Waals surface area (Å²) in [6.45, 7) is 4.40. The van der Waals surface area contributed by atoms with E-state index < -0.39 is 16.1 Å². The van der Waals surface area contributed by atoms with Crippen molar-refractivity contribution < 1.29 is 18.1 Å². The van der Waals surface area contributed by atoms with Crippen molar-refractivity contribution in [3.05, 3.63) is 64.7 Å². The fourth-order valence-corrected chi connectivity index (χ4v) is 4.67. The monoisotopic (exact) mass is 422 g/mol. The second-order valence-electron chi connectivity index (χ2n) is 7.14. The number of aryl methyl sites for hydroxylation is 1. The molecule has 0 bridgehead atoms. The van der Waals surface area contributed by atoms with Gasteiger partial charge in [0.05, 0.1) is 44.7 Å². The molecule has 0 unspecified atom stereocenters. The third-order valence-corrected chi connectivity index (χ3v) is 7.08. The van der Waals surface area contributed by atoms with Crippen molar-refractivity contribution in [3.8, 4) is 0 Å². The number of nitrogens with zero attached hydrogens (tertiary/aromatic N) is 2. The summed E-state index contributed by atoms with van der Waals surface area (Å²) in [6.07, 6.45) is 0. The van der Waals surface area contributed by atoms with Gasteiger partial charge in [-0.2, -0.15) is 0 Å². The molecule has 1 N–H and O–H groups in total. The lowest BCUT2D eigenvalue weighted by atomic mass is 10.2. The van der Waals surface area contributed by atoms with Gasteiger partial charge in [-0.25, -0.2) is 17.5 Å². The lowest BCUT2D eigenvalue weighted by Gasteiger charge is -2.34. The lowest BCUT2D eigenvalue weighted by molar-refractivity contribution is -0.883. The van der Waals surface area contributed by atoms with Crippen LogP contribution in [0.2, 0.25) is 5.02 Å². The molecule has 0 spiro atoms. The molecule has 8 heteroatoms.